The van der Waals surface area contributed by atoms with Gasteiger partial charge < -0.3 is 16.0 Å². The molecule has 9 heteroatoms. The molecule has 0 aliphatic heterocycles. The second kappa shape index (κ2) is 11.6. The Morgan fingerprint density at radius 1 is 1.14 bits per heavy atom. The first-order valence-electron chi connectivity index (χ1n) is 13.0. The third kappa shape index (κ3) is 6.67. The fourth-order valence-electron chi connectivity index (χ4n) is 4.86. The normalized spacial score (nSPS) is 17.2. The van der Waals surface area contributed by atoms with E-state index in [2.05, 4.69) is 25.9 Å². The standard InChI is InChI=1S/C28H32ClN5O2S/c1-17(32-22-14-20(29)16-31-26(22)19-7-4-12-30-15-19)24-10-11-25(37-24)28(36)34-23(13-18-5-2-3-6-18)27(35)33-21-8-9-21/h4,7,10-12,14-18,21,23,32H,2-3,5-6,8-9,13H2,1H3,(H,33,35)(H,34,36)/t17-,23-/m0/s1. The van der Waals surface area contributed by atoms with Crippen molar-refractivity contribution in [3.05, 3.63) is 63.7 Å². The number of hydrogen-bond acceptors (Lipinski definition) is 6. The lowest BCUT2D eigenvalue weighted by molar-refractivity contribution is -0.123. The van der Waals surface area contributed by atoms with E-state index in [1.807, 2.05) is 37.3 Å². The fraction of sp³-hybridized carbons (Fsp3) is 0.429. The summed E-state index contributed by atoms with van der Waals surface area (Å²) in [6, 6.07) is 9.15. The van der Waals surface area contributed by atoms with Crippen LogP contribution in [0.5, 0.6) is 0 Å². The van der Waals surface area contributed by atoms with Crippen molar-refractivity contribution in [2.45, 2.75) is 70.0 Å². The highest BCUT2D eigenvalue weighted by Crippen LogP contribution is 2.33. The molecule has 194 valence electrons. The van der Waals surface area contributed by atoms with Crippen molar-refractivity contribution in [1.29, 1.82) is 0 Å². The van der Waals surface area contributed by atoms with Gasteiger partial charge in [0.1, 0.15) is 6.04 Å². The first kappa shape index (κ1) is 25.7. The van der Waals surface area contributed by atoms with Gasteiger partial charge >= 0.3 is 0 Å². The van der Waals surface area contributed by atoms with Gasteiger partial charge in [-0.2, -0.15) is 0 Å². The highest BCUT2D eigenvalue weighted by molar-refractivity contribution is 7.14. The van der Waals surface area contributed by atoms with E-state index < -0.39 is 6.04 Å². The van der Waals surface area contributed by atoms with Crippen LogP contribution < -0.4 is 16.0 Å². The van der Waals surface area contributed by atoms with Gasteiger partial charge in [0.15, 0.2) is 0 Å². The molecule has 0 aromatic carbocycles. The fourth-order valence-corrected chi connectivity index (χ4v) is 5.94. The van der Waals surface area contributed by atoms with Crippen LogP contribution in [-0.2, 0) is 4.79 Å². The molecule has 3 aromatic rings. The van der Waals surface area contributed by atoms with Crippen LogP contribution >= 0.6 is 22.9 Å². The summed E-state index contributed by atoms with van der Waals surface area (Å²) in [5, 5.41) is 10.1. The summed E-state index contributed by atoms with van der Waals surface area (Å²) in [6.07, 6.45) is 12.6. The van der Waals surface area contributed by atoms with Crippen LogP contribution in [0.15, 0.2) is 48.9 Å². The molecule has 3 heterocycles. The smallest absolute Gasteiger partial charge is 0.262 e. The minimum atomic E-state index is -0.489. The van der Waals surface area contributed by atoms with Crippen LogP contribution in [0.3, 0.4) is 0 Å². The lowest BCUT2D eigenvalue weighted by atomic mass is 9.97. The predicted molar refractivity (Wildman–Crippen MR) is 148 cm³/mol. The number of nitrogens with zero attached hydrogens (tertiary/aromatic N) is 2. The molecule has 3 aromatic heterocycles. The first-order valence-corrected chi connectivity index (χ1v) is 14.2. The summed E-state index contributed by atoms with van der Waals surface area (Å²) in [7, 11) is 0. The van der Waals surface area contributed by atoms with Crippen molar-refractivity contribution in [3.8, 4) is 11.3 Å². The van der Waals surface area contributed by atoms with Gasteiger partial charge in [0.25, 0.3) is 5.91 Å². The molecule has 2 aliphatic carbocycles. The number of nitrogens with one attached hydrogen (secondary N) is 3. The van der Waals surface area contributed by atoms with Crippen molar-refractivity contribution < 1.29 is 9.59 Å². The summed E-state index contributed by atoms with van der Waals surface area (Å²) in [5.74, 6) is 0.252. The maximum absolute atomic E-state index is 13.2. The van der Waals surface area contributed by atoms with Gasteiger partial charge in [-0.25, -0.2) is 0 Å². The topological polar surface area (TPSA) is 96.0 Å². The van der Waals surface area contributed by atoms with Crippen LogP contribution in [0.25, 0.3) is 11.3 Å². The SMILES string of the molecule is C[C@H](Nc1cc(Cl)cnc1-c1cccnc1)c1ccc(C(=O)N[C@@H](CC2CCCC2)C(=O)NC2CC2)s1. The Labute approximate surface area is 226 Å². The number of aromatic nitrogens is 2. The van der Waals surface area contributed by atoms with Crippen LogP contribution in [0.1, 0.15) is 72.5 Å². The van der Waals surface area contributed by atoms with Crippen molar-refractivity contribution >= 4 is 40.4 Å². The van der Waals surface area contributed by atoms with E-state index in [0.29, 0.717) is 22.2 Å². The second-order valence-electron chi connectivity index (χ2n) is 10.1. The quantitative estimate of drug-likeness (QED) is 0.295. The maximum atomic E-state index is 13.2. The zero-order chi connectivity index (χ0) is 25.8. The number of carbonyl (C=O) groups excluding carboxylic acids is 2. The van der Waals surface area contributed by atoms with E-state index in [9.17, 15) is 9.59 Å². The third-order valence-corrected chi connectivity index (χ3v) is 8.50. The number of hydrogen-bond donors (Lipinski definition) is 3. The Kier molecular flexibility index (Phi) is 8.05. The Morgan fingerprint density at radius 2 is 1.95 bits per heavy atom. The highest BCUT2D eigenvalue weighted by atomic mass is 35.5. The van der Waals surface area contributed by atoms with Crippen LogP contribution in [0.2, 0.25) is 5.02 Å². The molecular formula is C28H32ClN5O2S. The number of halogens is 1. The average molecular weight is 538 g/mol. The van der Waals surface area contributed by atoms with E-state index in [1.54, 1.807) is 18.6 Å². The minimum absolute atomic E-state index is 0.0500. The minimum Gasteiger partial charge on any atom is -0.376 e. The number of anilines is 1. The molecule has 0 unspecified atom stereocenters. The molecule has 2 saturated carbocycles. The Hall–Kier alpha value is -2.97. The van der Waals surface area contributed by atoms with Crippen LogP contribution in [0, 0.1) is 5.92 Å². The first-order chi connectivity index (χ1) is 18.0. The van der Waals surface area contributed by atoms with E-state index in [0.717, 1.165) is 47.5 Å². The van der Waals surface area contributed by atoms with Crippen LogP contribution in [-0.4, -0.2) is 33.9 Å². The largest absolute Gasteiger partial charge is 0.376 e. The van der Waals surface area contributed by atoms with E-state index >= 15 is 0 Å². The van der Waals surface area contributed by atoms with Crippen molar-refractivity contribution in [2.24, 2.45) is 5.92 Å². The molecule has 0 saturated heterocycles. The molecule has 2 fully saturated rings. The molecule has 37 heavy (non-hydrogen) atoms. The molecule has 2 aliphatic rings. The molecule has 5 rings (SSSR count). The van der Waals surface area contributed by atoms with Crippen molar-refractivity contribution in [1.82, 2.24) is 20.6 Å². The van der Waals surface area contributed by atoms with Crippen molar-refractivity contribution in [2.75, 3.05) is 5.32 Å². The van der Waals surface area contributed by atoms with Gasteiger partial charge in [-0.3, -0.25) is 19.6 Å². The zero-order valence-corrected chi connectivity index (χ0v) is 22.4. The molecule has 3 N–H and O–H groups in total. The molecule has 2 atom stereocenters. The van der Waals surface area contributed by atoms with E-state index in [4.69, 9.17) is 11.6 Å². The van der Waals surface area contributed by atoms with E-state index in [1.165, 1.54) is 24.2 Å². The number of pyridine rings is 2. The summed E-state index contributed by atoms with van der Waals surface area (Å²) in [5.41, 5.74) is 2.44. The second-order valence-corrected chi connectivity index (χ2v) is 11.6. The zero-order valence-electron chi connectivity index (χ0n) is 20.9. The van der Waals surface area contributed by atoms with E-state index in [-0.39, 0.29) is 23.9 Å². The number of amides is 2. The van der Waals surface area contributed by atoms with Gasteiger partial charge in [0.05, 0.1) is 27.3 Å². The van der Waals surface area contributed by atoms with Gasteiger partial charge in [-0.05, 0) is 62.4 Å². The molecule has 2 amide bonds. The lowest BCUT2D eigenvalue weighted by Gasteiger charge is -2.21. The molecule has 0 radical (unpaired) electrons. The summed E-state index contributed by atoms with van der Waals surface area (Å²) < 4.78 is 0. The molecule has 7 nitrogen and oxygen atoms in total. The van der Waals surface area contributed by atoms with Crippen LogP contribution in [0.4, 0.5) is 5.69 Å². The summed E-state index contributed by atoms with van der Waals surface area (Å²) in [4.78, 5) is 36.4. The van der Waals surface area contributed by atoms with Gasteiger partial charge in [0, 0.05) is 35.1 Å². The molecule has 0 spiro atoms. The predicted octanol–water partition coefficient (Wildman–Crippen LogP) is 5.99. The lowest BCUT2D eigenvalue weighted by Crippen LogP contribution is -2.48. The monoisotopic (exact) mass is 537 g/mol. The third-order valence-electron chi connectivity index (χ3n) is 7.03. The Balaban J connectivity index is 1.27. The average Bonchev–Trinajstić information content (AvgIpc) is 3.33. The molecule has 0 bridgehead atoms. The summed E-state index contributed by atoms with van der Waals surface area (Å²) >= 11 is 7.67. The number of rotatable bonds is 10. The number of thiophene rings is 1. The number of carbonyl (C=O) groups is 2. The Bertz CT molecular complexity index is 1240. The van der Waals surface area contributed by atoms with Gasteiger partial charge in [0.2, 0.25) is 5.91 Å². The maximum Gasteiger partial charge on any atom is 0.262 e. The molecular weight excluding hydrogens is 506 g/mol. The Morgan fingerprint density at radius 3 is 2.68 bits per heavy atom. The highest BCUT2D eigenvalue weighted by Gasteiger charge is 2.31. The van der Waals surface area contributed by atoms with Crippen molar-refractivity contribution in [3.63, 3.8) is 0 Å². The van der Waals surface area contributed by atoms with Gasteiger partial charge in [-0.15, -0.1) is 11.3 Å². The summed E-state index contributed by atoms with van der Waals surface area (Å²) in [6.45, 7) is 2.04. The van der Waals surface area contributed by atoms with Gasteiger partial charge in [-0.1, -0.05) is 37.3 Å².